The van der Waals surface area contributed by atoms with Crippen LogP contribution in [0.25, 0.3) is 6.08 Å². The van der Waals surface area contributed by atoms with Crippen LogP contribution in [0.4, 0.5) is 30.7 Å². The van der Waals surface area contributed by atoms with Crippen LogP contribution < -0.4 is 10.6 Å². The number of hydrogen-bond donors (Lipinski definition) is 2. The fourth-order valence-corrected chi connectivity index (χ4v) is 5.44. The molecule has 2 fully saturated rings. The number of carbonyl (C=O) groups excluding carboxylic acids is 2. The lowest BCUT2D eigenvalue weighted by molar-refractivity contribution is -0.144. The zero-order chi connectivity index (χ0) is 33.1. The predicted octanol–water partition coefficient (Wildman–Crippen LogP) is 5.70. The summed E-state index contributed by atoms with van der Waals surface area (Å²) >= 11 is 0. The van der Waals surface area contributed by atoms with Crippen LogP contribution in [-0.4, -0.2) is 67.5 Å². The van der Waals surface area contributed by atoms with Gasteiger partial charge in [0.1, 0.15) is 12.4 Å². The van der Waals surface area contributed by atoms with Crippen LogP contribution >= 0.6 is 0 Å². The summed E-state index contributed by atoms with van der Waals surface area (Å²) in [4.78, 5) is 34.0. The van der Waals surface area contributed by atoms with Crippen molar-refractivity contribution < 1.29 is 40.3 Å². The van der Waals surface area contributed by atoms with E-state index in [4.69, 9.17) is 0 Å². The Morgan fingerprint density at radius 1 is 1.16 bits per heavy atom. The predicted molar refractivity (Wildman–Crippen MR) is 149 cm³/mol. The standard InChI is InChI=1S/C28H35F7N8O2/c1-15(22(17-4-5-17)40-21(44)8-11-28(33,34)35)12-20-39-19(13-42(20)36-3)23(18-6-9-27(31,32)10-7-18)41-26(45)25-37-14-38-43(25)16(2)24(29)30/h12-14,16-18,22-24H,3-11H2,1-2H3,(H,40,44)(H,41,45)/b15-12+/t16?,22-,23-/m0/s1. The van der Waals surface area contributed by atoms with Gasteiger partial charge in [-0.05, 0) is 63.0 Å². The van der Waals surface area contributed by atoms with Crippen LogP contribution in [0.15, 0.2) is 23.2 Å². The molecule has 3 atom stereocenters. The molecule has 2 N–H and O–H groups in total. The van der Waals surface area contributed by atoms with Crippen molar-refractivity contribution >= 4 is 24.6 Å². The van der Waals surface area contributed by atoms with Crippen LogP contribution in [0.3, 0.4) is 0 Å². The smallest absolute Gasteiger partial charge is 0.349 e. The highest BCUT2D eigenvalue weighted by Crippen LogP contribution is 2.42. The van der Waals surface area contributed by atoms with Gasteiger partial charge < -0.3 is 10.6 Å². The lowest BCUT2D eigenvalue weighted by atomic mass is 9.81. The highest BCUT2D eigenvalue weighted by Gasteiger charge is 2.40. The number of imidazole rings is 1. The Kier molecular flexibility index (Phi) is 10.4. The van der Waals surface area contributed by atoms with Gasteiger partial charge in [-0.25, -0.2) is 36.9 Å². The zero-order valence-electron chi connectivity index (χ0n) is 24.7. The van der Waals surface area contributed by atoms with E-state index in [2.05, 4.69) is 37.5 Å². The van der Waals surface area contributed by atoms with Gasteiger partial charge in [-0.3, -0.25) is 9.59 Å². The van der Waals surface area contributed by atoms with E-state index in [0.717, 1.165) is 23.9 Å². The van der Waals surface area contributed by atoms with Crippen molar-refractivity contribution in [2.24, 2.45) is 16.9 Å². The van der Waals surface area contributed by atoms with E-state index in [1.54, 1.807) is 13.0 Å². The van der Waals surface area contributed by atoms with Crippen molar-refractivity contribution in [3.8, 4) is 0 Å². The molecular weight excluding hydrogens is 613 g/mol. The van der Waals surface area contributed by atoms with Gasteiger partial charge in [0, 0.05) is 26.0 Å². The van der Waals surface area contributed by atoms with Gasteiger partial charge in [0.15, 0.2) is 5.82 Å². The van der Waals surface area contributed by atoms with Crippen LogP contribution in [0, 0.1) is 11.8 Å². The maximum absolute atomic E-state index is 14.0. The summed E-state index contributed by atoms with van der Waals surface area (Å²) < 4.78 is 94.8. The number of halogens is 7. The number of alkyl halides is 7. The first-order chi connectivity index (χ1) is 21.1. The number of nitrogens with one attached hydrogen (secondary N) is 2. The van der Waals surface area contributed by atoms with Crippen molar-refractivity contribution in [1.82, 2.24) is 35.1 Å². The van der Waals surface area contributed by atoms with Crippen molar-refractivity contribution in [1.29, 1.82) is 0 Å². The van der Waals surface area contributed by atoms with Gasteiger partial charge in [-0.15, -0.1) is 0 Å². The van der Waals surface area contributed by atoms with E-state index in [-0.39, 0.29) is 36.1 Å². The molecule has 1 unspecified atom stereocenters. The lowest BCUT2D eigenvalue weighted by Crippen LogP contribution is -2.38. The Labute approximate surface area is 254 Å². The van der Waals surface area contributed by atoms with Gasteiger partial charge in [0.05, 0.1) is 30.4 Å². The van der Waals surface area contributed by atoms with Crippen LogP contribution in [-0.2, 0) is 4.79 Å². The number of carbonyl (C=O) groups is 2. The number of nitrogens with zero attached hydrogens (tertiary/aromatic N) is 6. The van der Waals surface area contributed by atoms with Gasteiger partial charge in [-0.1, -0.05) is 0 Å². The third kappa shape index (κ3) is 8.90. The molecular formula is C28H35F7N8O2. The molecule has 4 rings (SSSR count). The first-order valence-electron chi connectivity index (χ1n) is 14.6. The van der Waals surface area contributed by atoms with Gasteiger partial charge >= 0.3 is 6.18 Å². The summed E-state index contributed by atoms with van der Waals surface area (Å²) in [5.74, 6) is -5.12. The summed E-state index contributed by atoms with van der Waals surface area (Å²) in [5.41, 5.74) is 0.821. The van der Waals surface area contributed by atoms with Crippen molar-refractivity contribution in [2.75, 3.05) is 0 Å². The minimum atomic E-state index is -4.47. The maximum atomic E-state index is 14.0. The average Bonchev–Trinajstić information content (AvgIpc) is 3.54. The maximum Gasteiger partial charge on any atom is 0.389 e. The first kappa shape index (κ1) is 34.1. The molecule has 0 spiro atoms. The minimum absolute atomic E-state index is 0.0274. The summed E-state index contributed by atoms with van der Waals surface area (Å²) in [6, 6.07) is -2.96. The topological polar surface area (TPSA) is 119 Å². The number of hydrogen-bond acceptors (Lipinski definition) is 6. The summed E-state index contributed by atoms with van der Waals surface area (Å²) in [5, 5.41) is 13.1. The molecule has 17 heteroatoms. The molecule has 0 aliphatic heterocycles. The monoisotopic (exact) mass is 648 g/mol. The summed E-state index contributed by atoms with van der Waals surface area (Å²) in [6.07, 6.45) is -4.51. The molecule has 2 aromatic rings. The SMILES string of the molecule is C=Nn1cc([C@@H](NC(=O)c2ncnn2C(C)C(F)F)C2CCC(F)(F)CC2)nc1/C=C(\C)[C@H](NC(=O)CCC(F)(F)F)C1CC1. The Hall–Kier alpha value is -3.79. The van der Waals surface area contributed by atoms with Gasteiger partial charge in [0.2, 0.25) is 17.7 Å². The molecule has 0 radical (unpaired) electrons. The fourth-order valence-electron chi connectivity index (χ4n) is 5.44. The zero-order valence-corrected chi connectivity index (χ0v) is 24.7. The van der Waals surface area contributed by atoms with Gasteiger partial charge in [0.25, 0.3) is 12.3 Å². The van der Waals surface area contributed by atoms with E-state index in [9.17, 15) is 40.3 Å². The third-order valence-corrected chi connectivity index (χ3v) is 8.14. The molecule has 10 nitrogen and oxygen atoms in total. The second kappa shape index (κ2) is 13.7. The lowest BCUT2D eigenvalue weighted by Gasteiger charge is -2.33. The first-order valence-corrected chi connectivity index (χ1v) is 14.6. The van der Waals surface area contributed by atoms with Crippen molar-refractivity contribution in [2.45, 2.75) is 102 Å². The van der Waals surface area contributed by atoms with Gasteiger partial charge in [-0.2, -0.15) is 23.4 Å². The second-order valence-electron chi connectivity index (χ2n) is 11.6. The molecule has 2 aliphatic rings. The molecule has 0 saturated heterocycles. The van der Waals surface area contributed by atoms with Crippen LogP contribution in [0.5, 0.6) is 0 Å². The molecule has 2 aliphatic carbocycles. The highest BCUT2D eigenvalue weighted by atomic mass is 19.4. The number of amides is 2. The molecule has 2 aromatic heterocycles. The Morgan fingerprint density at radius 3 is 2.40 bits per heavy atom. The fraction of sp³-hybridized carbons (Fsp3) is 0.643. The van der Waals surface area contributed by atoms with Crippen molar-refractivity contribution in [3.05, 3.63) is 35.4 Å². The Balaban J connectivity index is 1.61. The summed E-state index contributed by atoms with van der Waals surface area (Å²) in [6.45, 7) is 6.39. The average molecular weight is 649 g/mol. The molecule has 2 heterocycles. The minimum Gasteiger partial charge on any atom is -0.349 e. The second-order valence-corrected chi connectivity index (χ2v) is 11.6. The molecule has 2 amide bonds. The van der Waals surface area contributed by atoms with Crippen molar-refractivity contribution in [3.63, 3.8) is 0 Å². The summed E-state index contributed by atoms with van der Waals surface area (Å²) in [7, 11) is 0. The number of rotatable bonds is 13. The van der Waals surface area contributed by atoms with Crippen LogP contribution in [0.1, 0.15) is 99.4 Å². The Bertz CT molecular complexity index is 1390. The number of aromatic nitrogens is 5. The van der Waals surface area contributed by atoms with E-state index < -0.39 is 80.1 Å². The largest absolute Gasteiger partial charge is 0.389 e. The highest BCUT2D eigenvalue weighted by molar-refractivity contribution is 5.91. The van der Waals surface area contributed by atoms with E-state index in [0.29, 0.717) is 5.57 Å². The van der Waals surface area contributed by atoms with E-state index >= 15 is 0 Å². The molecule has 2 saturated carbocycles. The molecule has 248 valence electrons. The normalized spacial score (nSPS) is 19.6. The molecule has 0 aromatic carbocycles. The molecule has 45 heavy (non-hydrogen) atoms. The Morgan fingerprint density at radius 2 is 1.82 bits per heavy atom. The molecule has 0 bridgehead atoms. The third-order valence-electron chi connectivity index (χ3n) is 8.14. The van der Waals surface area contributed by atoms with E-state index in [1.165, 1.54) is 17.8 Å². The van der Waals surface area contributed by atoms with E-state index in [1.807, 2.05) is 0 Å². The van der Waals surface area contributed by atoms with Crippen LogP contribution in [0.2, 0.25) is 0 Å². The quantitative estimate of drug-likeness (QED) is 0.213.